The zero-order valence-corrected chi connectivity index (χ0v) is 10.9. The second kappa shape index (κ2) is 5.19. The first-order valence-corrected chi connectivity index (χ1v) is 6.09. The SMILES string of the molecule is Cc1cccc(CC(N)c2cc(C)cnc2N)c1. The molecule has 0 aliphatic carbocycles. The highest BCUT2D eigenvalue weighted by Gasteiger charge is 2.11. The van der Waals surface area contributed by atoms with Crippen molar-refractivity contribution in [2.75, 3.05) is 5.73 Å². The molecule has 0 spiro atoms. The molecule has 1 aromatic carbocycles. The summed E-state index contributed by atoms with van der Waals surface area (Å²) in [5.74, 6) is 0.528. The van der Waals surface area contributed by atoms with Gasteiger partial charge in [0.25, 0.3) is 0 Å². The van der Waals surface area contributed by atoms with Crippen LogP contribution in [0.3, 0.4) is 0 Å². The van der Waals surface area contributed by atoms with E-state index in [9.17, 15) is 0 Å². The average molecular weight is 241 g/mol. The van der Waals surface area contributed by atoms with E-state index in [1.54, 1.807) is 6.20 Å². The molecular formula is C15H19N3. The number of nitrogens with zero attached hydrogens (tertiary/aromatic N) is 1. The van der Waals surface area contributed by atoms with Gasteiger partial charge in [-0.1, -0.05) is 29.8 Å². The zero-order chi connectivity index (χ0) is 13.1. The molecule has 4 N–H and O–H groups in total. The van der Waals surface area contributed by atoms with Gasteiger partial charge in [-0.25, -0.2) is 4.98 Å². The van der Waals surface area contributed by atoms with Gasteiger partial charge >= 0.3 is 0 Å². The smallest absolute Gasteiger partial charge is 0.128 e. The first-order valence-electron chi connectivity index (χ1n) is 6.09. The van der Waals surface area contributed by atoms with Crippen molar-refractivity contribution in [1.82, 2.24) is 4.98 Å². The molecule has 0 fully saturated rings. The van der Waals surface area contributed by atoms with Crippen LogP contribution in [0.15, 0.2) is 36.5 Å². The summed E-state index contributed by atoms with van der Waals surface area (Å²) < 4.78 is 0. The Hall–Kier alpha value is -1.87. The minimum Gasteiger partial charge on any atom is -0.383 e. The van der Waals surface area contributed by atoms with Crippen LogP contribution in [0.5, 0.6) is 0 Å². The van der Waals surface area contributed by atoms with E-state index >= 15 is 0 Å². The number of hydrogen-bond donors (Lipinski definition) is 2. The van der Waals surface area contributed by atoms with Crippen LogP contribution in [-0.4, -0.2) is 4.98 Å². The molecule has 1 heterocycles. The van der Waals surface area contributed by atoms with Crippen molar-refractivity contribution in [1.29, 1.82) is 0 Å². The van der Waals surface area contributed by atoms with Crippen molar-refractivity contribution in [3.63, 3.8) is 0 Å². The number of hydrogen-bond acceptors (Lipinski definition) is 3. The highest BCUT2D eigenvalue weighted by atomic mass is 14.8. The van der Waals surface area contributed by atoms with Crippen molar-refractivity contribution >= 4 is 5.82 Å². The van der Waals surface area contributed by atoms with Gasteiger partial charge in [0.1, 0.15) is 5.82 Å². The molecule has 0 aliphatic heterocycles. The van der Waals surface area contributed by atoms with Gasteiger partial charge < -0.3 is 11.5 Å². The van der Waals surface area contributed by atoms with Gasteiger partial charge in [-0.05, 0) is 37.5 Å². The molecule has 0 aliphatic rings. The average Bonchev–Trinajstić information content (AvgIpc) is 2.32. The summed E-state index contributed by atoms with van der Waals surface area (Å²) >= 11 is 0. The molecule has 0 radical (unpaired) electrons. The normalized spacial score (nSPS) is 12.4. The molecule has 1 atom stereocenters. The molecule has 3 nitrogen and oxygen atoms in total. The molecule has 0 bridgehead atoms. The number of aromatic nitrogens is 1. The third-order valence-corrected chi connectivity index (χ3v) is 3.02. The Morgan fingerprint density at radius 2 is 1.94 bits per heavy atom. The first kappa shape index (κ1) is 12.6. The molecule has 94 valence electrons. The van der Waals surface area contributed by atoms with E-state index in [-0.39, 0.29) is 6.04 Å². The Kier molecular flexibility index (Phi) is 3.63. The number of benzene rings is 1. The fourth-order valence-corrected chi connectivity index (χ4v) is 2.10. The minimum absolute atomic E-state index is 0.112. The standard InChI is InChI=1S/C15H19N3/c1-10-4-3-5-12(6-10)8-14(16)13-7-11(2)9-18-15(13)17/h3-7,9,14H,8,16H2,1-2H3,(H2,17,18). The van der Waals surface area contributed by atoms with E-state index in [1.807, 2.05) is 13.0 Å². The largest absolute Gasteiger partial charge is 0.383 e. The van der Waals surface area contributed by atoms with Gasteiger partial charge in [-0.2, -0.15) is 0 Å². The van der Waals surface area contributed by atoms with Crippen LogP contribution in [0.4, 0.5) is 5.82 Å². The Morgan fingerprint density at radius 1 is 1.17 bits per heavy atom. The van der Waals surface area contributed by atoms with Crippen molar-refractivity contribution in [2.24, 2.45) is 5.73 Å². The van der Waals surface area contributed by atoms with Crippen LogP contribution in [0.2, 0.25) is 0 Å². The fourth-order valence-electron chi connectivity index (χ4n) is 2.10. The van der Waals surface area contributed by atoms with Crippen molar-refractivity contribution in [3.05, 3.63) is 58.8 Å². The molecule has 0 saturated heterocycles. The summed E-state index contributed by atoms with van der Waals surface area (Å²) in [6, 6.07) is 10.3. The Balaban J connectivity index is 2.21. The summed E-state index contributed by atoms with van der Waals surface area (Å²) in [5.41, 5.74) is 16.6. The summed E-state index contributed by atoms with van der Waals surface area (Å²) in [5, 5.41) is 0. The molecule has 1 aromatic heterocycles. The van der Waals surface area contributed by atoms with Crippen LogP contribution >= 0.6 is 0 Å². The van der Waals surface area contributed by atoms with Gasteiger partial charge in [-0.3, -0.25) is 0 Å². The molecule has 3 heteroatoms. The van der Waals surface area contributed by atoms with Crippen LogP contribution in [-0.2, 0) is 6.42 Å². The van der Waals surface area contributed by atoms with Gasteiger partial charge in [0.2, 0.25) is 0 Å². The summed E-state index contributed by atoms with van der Waals surface area (Å²) in [4.78, 5) is 4.16. The monoisotopic (exact) mass is 241 g/mol. The van der Waals surface area contributed by atoms with Crippen LogP contribution in [0.1, 0.15) is 28.3 Å². The zero-order valence-electron chi connectivity index (χ0n) is 10.9. The molecule has 18 heavy (non-hydrogen) atoms. The molecule has 2 rings (SSSR count). The third-order valence-electron chi connectivity index (χ3n) is 3.02. The number of nitrogens with two attached hydrogens (primary N) is 2. The van der Waals surface area contributed by atoms with Gasteiger partial charge in [0.15, 0.2) is 0 Å². The second-order valence-electron chi connectivity index (χ2n) is 4.79. The molecular weight excluding hydrogens is 222 g/mol. The maximum absolute atomic E-state index is 6.23. The Morgan fingerprint density at radius 3 is 2.67 bits per heavy atom. The van der Waals surface area contributed by atoms with E-state index < -0.39 is 0 Å². The number of aryl methyl sites for hydroxylation is 2. The highest BCUT2D eigenvalue weighted by Crippen LogP contribution is 2.21. The van der Waals surface area contributed by atoms with E-state index in [4.69, 9.17) is 11.5 Å². The topological polar surface area (TPSA) is 64.9 Å². The van der Waals surface area contributed by atoms with Crippen molar-refractivity contribution in [3.8, 4) is 0 Å². The first-order chi connectivity index (χ1) is 8.56. The number of pyridine rings is 1. The lowest BCUT2D eigenvalue weighted by atomic mass is 9.98. The van der Waals surface area contributed by atoms with Crippen LogP contribution in [0, 0.1) is 13.8 Å². The lowest BCUT2D eigenvalue weighted by Crippen LogP contribution is -2.16. The predicted molar refractivity (Wildman–Crippen MR) is 75.2 cm³/mol. The van der Waals surface area contributed by atoms with Crippen LogP contribution in [0.25, 0.3) is 0 Å². The third kappa shape index (κ3) is 2.87. The van der Waals surface area contributed by atoms with Gasteiger partial charge in [0, 0.05) is 17.8 Å². The quantitative estimate of drug-likeness (QED) is 0.867. The lowest BCUT2D eigenvalue weighted by Gasteiger charge is -2.14. The Labute approximate surface area is 108 Å². The highest BCUT2D eigenvalue weighted by molar-refractivity contribution is 5.43. The fraction of sp³-hybridized carbons (Fsp3) is 0.267. The van der Waals surface area contributed by atoms with Crippen molar-refractivity contribution in [2.45, 2.75) is 26.3 Å². The molecule has 0 amide bonds. The minimum atomic E-state index is -0.112. The molecule has 2 aromatic rings. The van der Waals surface area contributed by atoms with Crippen LogP contribution < -0.4 is 11.5 Å². The number of nitrogen functional groups attached to an aromatic ring is 1. The molecule has 0 saturated carbocycles. The van der Waals surface area contributed by atoms with E-state index in [0.717, 1.165) is 17.5 Å². The van der Waals surface area contributed by atoms with Gasteiger partial charge in [-0.15, -0.1) is 0 Å². The van der Waals surface area contributed by atoms with E-state index in [0.29, 0.717) is 5.82 Å². The maximum atomic E-state index is 6.23. The summed E-state index contributed by atoms with van der Waals surface area (Å²) in [6.45, 7) is 4.08. The predicted octanol–water partition coefficient (Wildman–Crippen LogP) is 2.52. The van der Waals surface area contributed by atoms with E-state index in [2.05, 4.69) is 36.2 Å². The summed E-state index contributed by atoms with van der Waals surface area (Å²) in [7, 11) is 0. The molecule has 1 unspecified atom stereocenters. The Bertz CT molecular complexity index is 549. The van der Waals surface area contributed by atoms with Gasteiger partial charge in [0.05, 0.1) is 0 Å². The van der Waals surface area contributed by atoms with Crippen molar-refractivity contribution < 1.29 is 0 Å². The number of rotatable bonds is 3. The second-order valence-corrected chi connectivity index (χ2v) is 4.79. The lowest BCUT2D eigenvalue weighted by molar-refractivity contribution is 0.719. The number of anilines is 1. The van der Waals surface area contributed by atoms with E-state index in [1.165, 1.54) is 11.1 Å². The maximum Gasteiger partial charge on any atom is 0.128 e. The summed E-state index contributed by atoms with van der Waals surface area (Å²) in [6.07, 6.45) is 2.54.